The summed E-state index contributed by atoms with van der Waals surface area (Å²) in [5, 5.41) is 0. The number of ether oxygens (including phenoxy) is 3. The molecule has 0 bridgehead atoms. The number of hydrogen-bond acceptors (Lipinski definition) is 5. The fraction of sp³-hybridized carbons (Fsp3) is 0.143. The Kier molecular flexibility index (Phi) is 5.77. The van der Waals surface area contributed by atoms with Crippen LogP contribution in [0.15, 0.2) is 47.3 Å². The minimum atomic E-state index is -0.579. The van der Waals surface area contributed by atoms with Crippen LogP contribution in [0.4, 0.5) is 11.4 Å². The first-order chi connectivity index (χ1) is 14.0. The number of rotatable bonds is 6. The van der Waals surface area contributed by atoms with Gasteiger partial charge in [0.2, 0.25) is 17.4 Å². The lowest BCUT2D eigenvalue weighted by atomic mass is 10.2. The van der Waals surface area contributed by atoms with E-state index in [1.165, 1.54) is 13.2 Å². The Morgan fingerprint density at radius 1 is 1.07 bits per heavy atom. The van der Waals surface area contributed by atoms with Gasteiger partial charge in [-0.05, 0) is 42.3 Å². The normalized spacial score (nSPS) is 9.93. The number of aryl methyl sites for hydroxylation is 1. The average molecular weight is 388 g/mol. The van der Waals surface area contributed by atoms with Gasteiger partial charge in [0.25, 0.3) is 0 Å². The van der Waals surface area contributed by atoms with Crippen LogP contribution < -0.4 is 19.9 Å². The largest absolute Gasteiger partial charge is 0.481 e. The van der Waals surface area contributed by atoms with Gasteiger partial charge in [-0.2, -0.15) is 4.98 Å². The van der Waals surface area contributed by atoms with Crippen LogP contribution in [0, 0.1) is 20.1 Å². The summed E-state index contributed by atoms with van der Waals surface area (Å²) < 4.78 is 16.3. The van der Waals surface area contributed by atoms with Crippen molar-refractivity contribution in [3.05, 3.63) is 86.9 Å². The molecule has 1 aromatic heterocycles. The number of benzene rings is 2. The Balaban J connectivity index is 1.76. The van der Waals surface area contributed by atoms with Gasteiger partial charge in [0.05, 0.1) is 26.3 Å². The number of methoxy groups -OCH3 is 1. The van der Waals surface area contributed by atoms with E-state index in [9.17, 15) is 4.79 Å². The molecule has 0 aliphatic rings. The fourth-order valence-corrected chi connectivity index (χ4v) is 2.53. The molecule has 1 heterocycles. The third-order valence-electron chi connectivity index (χ3n) is 3.96. The lowest BCUT2D eigenvalue weighted by Gasteiger charge is -2.11. The summed E-state index contributed by atoms with van der Waals surface area (Å²) in [4.78, 5) is 24.5. The minimum Gasteiger partial charge on any atom is -0.481 e. The van der Waals surface area contributed by atoms with E-state index in [-0.39, 0.29) is 18.4 Å². The molecule has 0 aliphatic carbocycles. The van der Waals surface area contributed by atoms with E-state index in [1.807, 2.05) is 6.92 Å². The summed E-state index contributed by atoms with van der Waals surface area (Å²) in [6.45, 7) is 16.5. The van der Waals surface area contributed by atoms with Crippen LogP contribution in [0.3, 0.4) is 0 Å². The highest BCUT2D eigenvalue weighted by molar-refractivity contribution is 5.61. The predicted molar refractivity (Wildman–Crippen MR) is 106 cm³/mol. The van der Waals surface area contributed by atoms with Crippen molar-refractivity contribution in [1.29, 1.82) is 0 Å². The monoisotopic (exact) mass is 388 g/mol. The van der Waals surface area contributed by atoms with Gasteiger partial charge in [-0.3, -0.25) is 4.98 Å². The zero-order chi connectivity index (χ0) is 20.8. The molecule has 0 fully saturated rings. The van der Waals surface area contributed by atoms with Gasteiger partial charge in [0.15, 0.2) is 5.69 Å². The Labute approximate surface area is 167 Å². The van der Waals surface area contributed by atoms with E-state index in [4.69, 9.17) is 27.4 Å². The van der Waals surface area contributed by atoms with Gasteiger partial charge in [-0.15, -0.1) is 0 Å². The maximum Gasteiger partial charge on any atom is 0.351 e. The first kappa shape index (κ1) is 19.5. The SMILES string of the molecule is [C-]#[N+]c1ccc(Oc2ccc(COc3cc(OC)nc(=O)[nH]3)cc2[N+]#[C-])cc1C. The third-order valence-corrected chi connectivity index (χ3v) is 3.96. The van der Waals surface area contributed by atoms with E-state index in [1.54, 1.807) is 36.4 Å². The molecule has 0 aliphatic heterocycles. The van der Waals surface area contributed by atoms with Crippen LogP contribution in [-0.2, 0) is 6.61 Å². The molecular weight excluding hydrogens is 372 g/mol. The Bertz CT molecular complexity index is 1190. The smallest absolute Gasteiger partial charge is 0.351 e. The Morgan fingerprint density at radius 2 is 1.86 bits per heavy atom. The minimum absolute atomic E-state index is 0.130. The molecular formula is C21H16N4O4. The first-order valence-electron chi connectivity index (χ1n) is 8.47. The molecule has 144 valence electrons. The van der Waals surface area contributed by atoms with E-state index in [0.717, 1.165) is 11.1 Å². The van der Waals surface area contributed by atoms with Crippen LogP contribution in [0.5, 0.6) is 23.3 Å². The van der Waals surface area contributed by atoms with Crippen LogP contribution in [0.2, 0.25) is 0 Å². The summed E-state index contributed by atoms with van der Waals surface area (Å²) in [5.74, 6) is 1.30. The van der Waals surface area contributed by atoms with Crippen molar-refractivity contribution in [2.24, 2.45) is 0 Å². The lowest BCUT2D eigenvalue weighted by molar-refractivity contribution is 0.288. The fourth-order valence-electron chi connectivity index (χ4n) is 2.53. The molecule has 8 nitrogen and oxygen atoms in total. The van der Waals surface area contributed by atoms with Gasteiger partial charge >= 0.3 is 5.69 Å². The first-order valence-corrected chi connectivity index (χ1v) is 8.47. The summed E-state index contributed by atoms with van der Waals surface area (Å²) in [7, 11) is 1.41. The number of nitrogens with one attached hydrogen (secondary N) is 1. The molecule has 0 unspecified atom stereocenters. The van der Waals surface area contributed by atoms with E-state index >= 15 is 0 Å². The summed E-state index contributed by atoms with van der Waals surface area (Å²) in [6.07, 6.45) is 0. The molecule has 0 saturated carbocycles. The molecule has 0 saturated heterocycles. The van der Waals surface area contributed by atoms with Crippen molar-refractivity contribution < 1.29 is 14.2 Å². The Morgan fingerprint density at radius 3 is 2.55 bits per heavy atom. The number of nitrogens with zero attached hydrogens (tertiary/aromatic N) is 3. The number of aromatic nitrogens is 2. The maximum atomic E-state index is 11.5. The van der Waals surface area contributed by atoms with E-state index in [0.29, 0.717) is 22.9 Å². The van der Waals surface area contributed by atoms with E-state index in [2.05, 4.69) is 19.7 Å². The molecule has 2 aromatic carbocycles. The molecule has 8 heteroatoms. The highest BCUT2D eigenvalue weighted by Crippen LogP contribution is 2.34. The molecule has 0 atom stereocenters. The van der Waals surface area contributed by atoms with Gasteiger partial charge in [0, 0.05) is 0 Å². The molecule has 3 rings (SSSR count). The molecule has 29 heavy (non-hydrogen) atoms. The van der Waals surface area contributed by atoms with Gasteiger partial charge in [-0.1, -0.05) is 12.1 Å². The second kappa shape index (κ2) is 8.59. The van der Waals surface area contributed by atoms with Crippen molar-refractivity contribution in [2.45, 2.75) is 13.5 Å². The summed E-state index contributed by atoms with van der Waals surface area (Å²) in [6, 6.07) is 11.7. The topological polar surface area (TPSA) is 82.2 Å². The standard InChI is InChI=1S/C21H16N4O4/c1-13-9-15(6-7-16(13)22-2)29-18-8-5-14(10-17(18)23-3)12-28-20-11-19(27-4)24-21(26)25-20/h5-11H,12H2,1,4H3,(H,24,25,26). The summed E-state index contributed by atoms with van der Waals surface area (Å²) >= 11 is 0. The molecule has 3 aromatic rings. The zero-order valence-corrected chi connectivity index (χ0v) is 15.7. The van der Waals surface area contributed by atoms with Crippen LogP contribution in [-0.4, -0.2) is 17.1 Å². The molecule has 0 radical (unpaired) electrons. The van der Waals surface area contributed by atoms with Crippen molar-refractivity contribution in [1.82, 2.24) is 9.97 Å². The van der Waals surface area contributed by atoms with Crippen LogP contribution in [0.25, 0.3) is 9.69 Å². The highest BCUT2D eigenvalue weighted by Gasteiger charge is 2.09. The average Bonchev–Trinajstić information content (AvgIpc) is 2.72. The molecule has 1 N–H and O–H groups in total. The number of H-pyrrole nitrogens is 1. The molecule has 0 amide bonds. The van der Waals surface area contributed by atoms with Gasteiger partial charge < -0.3 is 14.2 Å². The van der Waals surface area contributed by atoms with Gasteiger partial charge in [0.1, 0.15) is 18.1 Å². The van der Waals surface area contributed by atoms with Crippen molar-refractivity contribution in [3.63, 3.8) is 0 Å². The van der Waals surface area contributed by atoms with Crippen molar-refractivity contribution in [2.75, 3.05) is 7.11 Å². The Hall–Kier alpha value is -4.30. The summed E-state index contributed by atoms with van der Waals surface area (Å²) in [5.41, 5.74) is 1.82. The van der Waals surface area contributed by atoms with Crippen LogP contribution in [0.1, 0.15) is 11.1 Å². The lowest BCUT2D eigenvalue weighted by Crippen LogP contribution is -2.12. The van der Waals surface area contributed by atoms with Crippen LogP contribution >= 0.6 is 0 Å². The second-order valence-corrected chi connectivity index (χ2v) is 5.96. The number of hydrogen-bond donors (Lipinski definition) is 1. The van der Waals surface area contributed by atoms with Crippen molar-refractivity contribution >= 4 is 11.4 Å². The zero-order valence-electron chi connectivity index (χ0n) is 15.7. The molecule has 0 spiro atoms. The van der Waals surface area contributed by atoms with Crippen molar-refractivity contribution in [3.8, 4) is 23.3 Å². The number of aromatic amines is 1. The maximum absolute atomic E-state index is 11.5. The second-order valence-electron chi connectivity index (χ2n) is 5.96. The third kappa shape index (κ3) is 4.71. The van der Waals surface area contributed by atoms with Gasteiger partial charge in [-0.25, -0.2) is 14.5 Å². The predicted octanol–water partition coefficient (Wildman–Crippen LogP) is 4.56. The quantitative estimate of drug-likeness (QED) is 0.626. The van der Waals surface area contributed by atoms with E-state index < -0.39 is 5.69 Å². The highest BCUT2D eigenvalue weighted by atomic mass is 16.5.